The van der Waals surface area contributed by atoms with Crippen LogP contribution in [0, 0.1) is 0 Å². The highest BCUT2D eigenvalue weighted by molar-refractivity contribution is 7.45. The third-order valence-electron chi connectivity index (χ3n) is 2.62. The van der Waals surface area contributed by atoms with Crippen molar-refractivity contribution in [1.29, 1.82) is 0 Å². The summed E-state index contributed by atoms with van der Waals surface area (Å²) in [5, 5.41) is 0. The van der Waals surface area contributed by atoms with Crippen LogP contribution in [0.4, 0.5) is 0 Å². The molecule has 0 atom stereocenters. The fraction of sp³-hybridized carbons (Fsp3) is 0.800. The minimum atomic E-state index is -3.98. The highest BCUT2D eigenvalue weighted by atomic mass is 31.2. The summed E-state index contributed by atoms with van der Waals surface area (Å²) >= 11 is 0. The van der Waals surface area contributed by atoms with Crippen LogP contribution in [0.1, 0.15) is 53.4 Å². The lowest BCUT2D eigenvalue weighted by atomic mass is 10.5. The van der Waals surface area contributed by atoms with E-state index in [-0.39, 0.29) is 13.2 Å². The molecule has 22 heavy (non-hydrogen) atoms. The highest BCUT2D eigenvalue weighted by Crippen LogP contribution is 2.38. The fourth-order valence-corrected chi connectivity index (χ4v) is 2.55. The van der Waals surface area contributed by atoms with Crippen molar-refractivity contribution in [3.63, 3.8) is 0 Å². The Kier molecular flexibility index (Phi) is 12.4. The van der Waals surface area contributed by atoms with Crippen LogP contribution < -0.4 is 9.46 Å². The van der Waals surface area contributed by atoms with E-state index in [1.54, 1.807) is 0 Å². The maximum Gasteiger partial charge on any atom is 0.267 e. The number of phosphoric acid groups is 1. The first-order valence-corrected chi connectivity index (χ1v) is 9.60. The van der Waals surface area contributed by atoms with Crippen LogP contribution in [-0.4, -0.2) is 17.8 Å². The van der Waals surface area contributed by atoms with Crippen LogP contribution >= 0.6 is 7.82 Å². The van der Waals surface area contributed by atoms with E-state index in [1.807, 2.05) is 13.8 Å². The smallest absolute Gasteiger partial charge is 0.267 e. The lowest BCUT2D eigenvalue weighted by molar-refractivity contribution is -0.696. The Labute approximate surface area is 134 Å². The first-order valence-electron chi connectivity index (χ1n) is 8.13. The van der Waals surface area contributed by atoms with Gasteiger partial charge in [0.05, 0.1) is 26.3 Å². The monoisotopic (exact) mass is 334 g/mol. The zero-order valence-corrected chi connectivity index (χ0v) is 15.3. The third-order valence-corrected chi connectivity index (χ3v) is 3.61. The first-order chi connectivity index (χ1) is 10.5. The Morgan fingerprint density at radius 3 is 2.09 bits per heavy atom. The van der Waals surface area contributed by atoms with Crippen LogP contribution in [0.15, 0.2) is 18.7 Å². The molecule has 0 aliphatic heterocycles. The van der Waals surface area contributed by atoms with Crippen LogP contribution in [0.25, 0.3) is 0 Å². The molecule has 0 N–H and O–H groups in total. The van der Waals surface area contributed by atoms with Gasteiger partial charge in [-0.15, -0.1) is 0 Å². The Balaban J connectivity index is 0.000000401. The quantitative estimate of drug-likeness (QED) is 0.487. The molecule has 0 aromatic carbocycles. The largest absolute Gasteiger partial charge is 0.756 e. The van der Waals surface area contributed by atoms with Crippen LogP contribution in [0.3, 0.4) is 0 Å². The number of hydrogen-bond donors (Lipinski definition) is 0. The van der Waals surface area contributed by atoms with Crippen molar-refractivity contribution in [1.82, 2.24) is 4.57 Å². The maximum absolute atomic E-state index is 10.7. The summed E-state index contributed by atoms with van der Waals surface area (Å²) in [4.78, 5) is 10.7. The summed E-state index contributed by atoms with van der Waals surface area (Å²) in [5.41, 5.74) is 0. The van der Waals surface area contributed by atoms with E-state index in [4.69, 9.17) is 0 Å². The Morgan fingerprint density at radius 2 is 1.64 bits per heavy atom. The molecule has 0 fully saturated rings. The number of hydrogen-bond acceptors (Lipinski definition) is 4. The molecule has 0 aliphatic carbocycles. The van der Waals surface area contributed by atoms with Gasteiger partial charge in [-0.05, 0) is 25.7 Å². The molecule has 7 heteroatoms. The summed E-state index contributed by atoms with van der Waals surface area (Å²) in [6.45, 7) is 10.7. The zero-order valence-electron chi connectivity index (χ0n) is 14.4. The molecule has 0 radical (unpaired) electrons. The van der Waals surface area contributed by atoms with Gasteiger partial charge in [0, 0.05) is 0 Å². The lowest BCUT2D eigenvalue weighted by Crippen LogP contribution is -2.30. The molecule has 0 aliphatic rings. The lowest BCUT2D eigenvalue weighted by Gasteiger charge is -2.21. The Hall–Kier alpha value is -0.680. The second-order valence-electron chi connectivity index (χ2n) is 5.00. The van der Waals surface area contributed by atoms with Crippen LogP contribution in [0.5, 0.6) is 0 Å². The van der Waals surface area contributed by atoms with E-state index in [2.05, 4.69) is 50.8 Å². The molecule has 0 unspecified atom stereocenters. The molecule has 0 bridgehead atoms. The second kappa shape index (κ2) is 12.8. The number of aromatic nitrogens is 2. The molecule has 6 nitrogen and oxygen atoms in total. The molecule has 0 saturated carbocycles. The predicted molar refractivity (Wildman–Crippen MR) is 85.3 cm³/mol. The number of aryl methyl sites for hydroxylation is 2. The number of imidazole rings is 1. The Bertz CT molecular complexity index is 391. The van der Waals surface area contributed by atoms with Gasteiger partial charge >= 0.3 is 0 Å². The van der Waals surface area contributed by atoms with Crippen LogP contribution in [0.2, 0.25) is 0 Å². The van der Waals surface area contributed by atoms with Crippen LogP contribution in [-0.2, 0) is 26.7 Å². The topological polar surface area (TPSA) is 67.4 Å². The molecule has 1 rings (SSSR count). The minimum Gasteiger partial charge on any atom is -0.756 e. The third kappa shape index (κ3) is 11.0. The average Bonchev–Trinajstić information content (AvgIpc) is 2.92. The second-order valence-corrected chi connectivity index (χ2v) is 6.41. The number of nitrogens with zero attached hydrogens (tertiary/aromatic N) is 2. The molecule has 0 amide bonds. The summed E-state index contributed by atoms with van der Waals surface area (Å²) in [6, 6.07) is 0. The van der Waals surface area contributed by atoms with Gasteiger partial charge in [-0.1, -0.05) is 27.7 Å². The SMILES string of the molecule is CCCOP(=O)([O-])OCCC.CCCn1cc[n+](CCC)c1. The van der Waals surface area contributed by atoms with E-state index in [0.717, 1.165) is 13.1 Å². The van der Waals surface area contributed by atoms with Gasteiger partial charge in [0.2, 0.25) is 6.33 Å². The van der Waals surface area contributed by atoms with Crippen molar-refractivity contribution in [2.24, 2.45) is 0 Å². The molecule has 1 heterocycles. The van der Waals surface area contributed by atoms with E-state index >= 15 is 0 Å². The maximum atomic E-state index is 10.7. The normalized spacial score (nSPS) is 11.1. The van der Waals surface area contributed by atoms with Crippen molar-refractivity contribution >= 4 is 7.82 Å². The molecule has 1 aromatic heterocycles. The van der Waals surface area contributed by atoms with Gasteiger partial charge in [-0.25, -0.2) is 9.13 Å². The molecule has 1 aromatic rings. The minimum absolute atomic E-state index is 0.199. The van der Waals surface area contributed by atoms with Gasteiger partial charge < -0.3 is 13.9 Å². The van der Waals surface area contributed by atoms with E-state index in [1.165, 1.54) is 12.8 Å². The van der Waals surface area contributed by atoms with Gasteiger partial charge in [0.25, 0.3) is 7.82 Å². The molecular formula is C15H31N2O4P. The van der Waals surface area contributed by atoms with Gasteiger partial charge in [0.1, 0.15) is 12.4 Å². The Morgan fingerprint density at radius 1 is 1.05 bits per heavy atom. The fourth-order valence-electron chi connectivity index (χ4n) is 1.66. The summed E-state index contributed by atoms with van der Waals surface area (Å²) in [5.74, 6) is 0. The molecular weight excluding hydrogens is 303 g/mol. The van der Waals surface area contributed by atoms with Crippen molar-refractivity contribution in [3.8, 4) is 0 Å². The molecule has 130 valence electrons. The van der Waals surface area contributed by atoms with E-state index in [0.29, 0.717) is 12.8 Å². The van der Waals surface area contributed by atoms with Gasteiger partial charge in [0.15, 0.2) is 0 Å². The van der Waals surface area contributed by atoms with Crippen molar-refractivity contribution in [2.75, 3.05) is 13.2 Å². The first kappa shape index (κ1) is 21.3. The predicted octanol–water partition coefficient (Wildman–Crippen LogP) is 2.90. The summed E-state index contributed by atoms with van der Waals surface area (Å²) in [6.07, 6.45) is 10.2. The molecule has 0 saturated heterocycles. The molecule has 0 spiro atoms. The van der Waals surface area contributed by atoms with Crippen molar-refractivity contribution in [3.05, 3.63) is 18.7 Å². The van der Waals surface area contributed by atoms with Gasteiger partial charge in [-0.3, -0.25) is 4.57 Å². The van der Waals surface area contributed by atoms with Crippen molar-refractivity contribution in [2.45, 2.75) is 66.5 Å². The van der Waals surface area contributed by atoms with Crippen molar-refractivity contribution < 1.29 is 23.1 Å². The van der Waals surface area contributed by atoms with E-state index < -0.39 is 7.82 Å². The zero-order chi connectivity index (χ0) is 16.8. The van der Waals surface area contributed by atoms with E-state index in [9.17, 15) is 9.46 Å². The standard InChI is InChI=1S/C9H17N2.C6H15O4P/c1-3-5-10-7-8-11(9-10)6-4-2;1-3-5-9-11(7,8)10-6-4-2/h7-9H,3-6H2,1-2H3;3-6H2,1-2H3,(H,7,8)/q+1;/p-1. The number of rotatable bonds is 10. The number of phosphoric ester groups is 1. The van der Waals surface area contributed by atoms with Gasteiger partial charge in [-0.2, -0.15) is 0 Å². The summed E-state index contributed by atoms with van der Waals surface area (Å²) < 4.78 is 24.1. The summed E-state index contributed by atoms with van der Waals surface area (Å²) in [7, 11) is -3.98. The average molecular weight is 334 g/mol. The highest BCUT2D eigenvalue weighted by Gasteiger charge is 2.06.